The van der Waals surface area contributed by atoms with E-state index in [1.165, 1.54) is 16.4 Å². The molecule has 0 fully saturated rings. The number of nitrogens with zero attached hydrogens (tertiary/aromatic N) is 1. The molecule has 0 aromatic heterocycles. The first-order chi connectivity index (χ1) is 10.9. The van der Waals surface area contributed by atoms with Gasteiger partial charge < -0.3 is 4.74 Å². The second-order valence-electron chi connectivity index (χ2n) is 5.30. The Balaban J connectivity index is 2.43. The van der Waals surface area contributed by atoms with Gasteiger partial charge in [0.15, 0.2) is 0 Å². The number of esters is 1. The van der Waals surface area contributed by atoms with Crippen LogP contribution in [-0.4, -0.2) is 31.8 Å². The highest BCUT2D eigenvalue weighted by Crippen LogP contribution is 2.31. The molecule has 2 rings (SSSR count). The maximum absolute atomic E-state index is 12.9. The van der Waals surface area contributed by atoms with Gasteiger partial charge >= 0.3 is 5.97 Å². The van der Waals surface area contributed by atoms with Crippen molar-refractivity contribution < 1.29 is 17.9 Å². The maximum atomic E-state index is 12.9. The van der Waals surface area contributed by atoms with Crippen LogP contribution >= 0.6 is 11.6 Å². The molecule has 23 heavy (non-hydrogen) atoms. The van der Waals surface area contributed by atoms with Crippen LogP contribution in [0.4, 0.5) is 0 Å². The molecule has 0 unspecified atom stereocenters. The van der Waals surface area contributed by atoms with E-state index < -0.39 is 10.0 Å². The molecule has 1 aliphatic rings. The quantitative estimate of drug-likeness (QED) is 0.701. The zero-order valence-electron chi connectivity index (χ0n) is 13.2. The van der Waals surface area contributed by atoms with Crippen molar-refractivity contribution in [2.24, 2.45) is 0 Å². The number of rotatable bonds is 7. The summed E-state index contributed by atoms with van der Waals surface area (Å²) in [5.74, 6) is 0.0265. The molecule has 5 nitrogen and oxygen atoms in total. The molecule has 0 N–H and O–H groups in total. The van der Waals surface area contributed by atoms with Gasteiger partial charge in [-0.1, -0.05) is 25.4 Å². The van der Waals surface area contributed by atoms with E-state index in [4.69, 9.17) is 16.3 Å². The van der Waals surface area contributed by atoms with Gasteiger partial charge in [-0.25, -0.2) is 8.42 Å². The summed E-state index contributed by atoms with van der Waals surface area (Å²) in [7, 11) is -3.69. The molecule has 0 spiro atoms. The van der Waals surface area contributed by atoms with Crippen molar-refractivity contribution in [1.82, 2.24) is 4.31 Å². The first-order valence-corrected chi connectivity index (χ1v) is 9.42. The topological polar surface area (TPSA) is 63.7 Å². The lowest BCUT2D eigenvalue weighted by Crippen LogP contribution is -2.32. The Hall–Kier alpha value is -1.37. The van der Waals surface area contributed by atoms with E-state index >= 15 is 0 Å². The zero-order valence-corrected chi connectivity index (χ0v) is 14.8. The fourth-order valence-corrected chi connectivity index (χ4v) is 4.53. The predicted octanol–water partition coefficient (Wildman–Crippen LogP) is 3.44. The number of hydrogen-bond donors (Lipinski definition) is 0. The average molecular weight is 358 g/mol. The lowest BCUT2D eigenvalue weighted by Gasteiger charge is -2.22. The number of halogens is 1. The van der Waals surface area contributed by atoms with Gasteiger partial charge in [0.1, 0.15) is 10.7 Å². The Morgan fingerprint density at radius 2 is 1.87 bits per heavy atom. The van der Waals surface area contributed by atoms with Crippen LogP contribution in [0.2, 0.25) is 5.02 Å². The summed E-state index contributed by atoms with van der Waals surface area (Å²) < 4.78 is 32.3. The summed E-state index contributed by atoms with van der Waals surface area (Å²) >= 11 is 6.13. The lowest BCUT2D eigenvalue weighted by molar-refractivity contribution is -0.134. The molecule has 0 bridgehead atoms. The minimum Gasteiger partial charge on any atom is -0.426 e. The maximum Gasteiger partial charge on any atom is 0.315 e. The highest BCUT2D eigenvalue weighted by atomic mass is 35.5. The van der Waals surface area contributed by atoms with E-state index in [1.54, 1.807) is 12.1 Å². The molecule has 126 valence electrons. The molecule has 7 heteroatoms. The van der Waals surface area contributed by atoms with Crippen molar-refractivity contribution in [3.8, 4) is 0 Å². The first kappa shape index (κ1) is 18.0. The van der Waals surface area contributed by atoms with Crippen LogP contribution in [0.5, 0.6) is 0 Å². The van der Waals surface area contributed by atoms with E-state index in [9.17, 15) is 13.2 Å². The number of carbonyl (C=O) groups excluding carboxylic acids is 1. The van der Waals surface area contributed by atoms with Gasteiger partial charge in [-0.15, -0.1) is 0 Å². The summed E-state index contributed by atoms with van der Waals surface area (Å²) in [6.07, 6.45) is 3.27. The monoisotopic (exact) mass is 357 g/mol. The molecule has 1 heterocycles. The Labute approximate surface area is 141 Å². The molecule has 0 saturated carbocycles. The van der Waals surface area contributed by atoms with Crippen LogP contribution < -0.4 is 0 Å². The molecule has 0 saturated heterocycles. The Kier molecular flexibility index (Phi) is 5.84. The van der Waals surface area contributed by atoms with Gasteiger partial charge in [0.05, 0.1) is 11.4 Å². The van der Waals surface area contributed by atoms with Crippen molar-refractivity contribution in [2.45, 2.75) is 38.0 Å². The third-order valence-electron chi connectivity index (χ3n) is 3.46. The average Bonchev–Trinajstić information content (AvgIpc) is 2.94. The summed E-state index contributed by atoms with van der Waals surface area (Å²) in [6.45, 7) is 4.74. The molecule has 1 aliphatic heterocycles. The number of ether oxygens (including phenoxy) is 1. The number of cyclic esters (lactones) is 1. The van der Waals surface area contributed by atoms with Gasteiger partial charge in [0.25, 0.3) is 0 Å². The Bertz CT molecular complexity index is 722. The van der Waals surface area contributed by atoms with Crippen LogP contribution in [0.1, 0.15) is 38.7 Å². The molecular formula is C16H20ClNO4S. The third-order valence-corrected chi connectivity index (χ3v) is 5.84. The first-order valence-electron chi connectivity index (χ1n) is 7.61. The van der Waals surface area contributed by atoms with Crippen LogP contribution in [0, 0.1) is 0 Å². The van der Waals surface area contributed by atoms with Crippen molar-refractivity contribution in [2.75, 3.05) is 13.1 Å². The lowest BCUT2D eigenvalue weighted by atomic mass is 10.2. The second-order valence-corrected chi connectivity index (χ2v) is 7.61. The fraction of sp³-hybridized carbons (Fsp3) is 0.438. The second kappa shape index (κ2) is 7.47. The van der Waals surface area contributed by atoms with Gasteiger partial charge in [0.2, 0.25) is 10.0 Å². The van der Waals surface area contributed by atoms with E-state index in [1.807, 2.05) is 13.8 Å². The molecule has 0 amide bonds. The number of carbonyl (C=O) groups is 1. The van der Waals surface area contributed by atoms with Crippen molar-refractivity contribution >= 4 is 33.4 Å². The molecule has 1 aromatic carbocycles. The highest BCUT2D eigenvalue weighted by Gasteiger charge is 2.27. The zero-order chi connectivity index (χ0) is 17.0. The molecular weight excluding hydrogens is 338 g/mol. The highest BCUT2D eigenvalue weighted by molar-refractivity contribution is 7.89. The Morgan fingerprint density at radius 3 is 2.39 bits per heavy atom. The fourth-order valence-electron chi connectivity index (χ4n) is 2.40. The summed E-state index contributed by atoms with van der Waals surface area (Å²) in [5.41, 5.74) is 0.534. The summed E-state index contributed by atoms with van der Waals surface area (Å²) in [4.78, 5) is 11.3. The van der Waals surface area contributed by atoms with Gasteiger partial charge in [-0.3, -0.25) is 4.79 Å². The largest absolute Gasteiger partial charge is 0.426 e. The minimum absolute atomic E-state index is 0.0439. The van der Waals surface area contributed by atoms with E-state index in [-0.39, 0.29) is 22.3 Å². The van der Waals surface area contributed by atoms with E-state index in [0.29, 0.717) is 24.4 Å². The van der Waals surface area contributed by atoms with Crippen molar-refractivity contribution in [3.63, 3.8) is 0 Å². The van der Waals surface area contributed by atoms with E-state index in [2.05, 4.69) is 0 Å². The molecule has 1 aromatic rings. The molecule has 0 atom stereocenters. The molecule has 0 radical (unpaired) electrons. The number of sulfonamides is 1. The van der Waals surface area contributed by atoms with Gasteiger partial charge in [0, 0.05) is 18.7 Å². The smallest absolute Gasteiger partial charge is 0.315 e. The predicted molar refractivity (Wildman–Crippen MR) is 89.5 cm³/mol. The Morgan fingerprint density at radius 1 is 1.22 bits per heavy atom. The minimum atomic E-state index is -3.69. The standard InChI is InChI=1S/C16H20ClNO4S/c1-3-9-18(10-4-2)23(20,21)15-11-12(5-6-13(15)17)14-7-8-16(19)22-14/h5-7,11H,3-4,8-10H2,1-2H3. The normalized spacial score (nSPS) is 15.0. The number of benzene rings is 1. The summed E-state index contributed by atoms with van der Waals surface area (Å²) in [5, 5.41) is 0.163. The van der Waals surface area contributed by atoms with Crippen LogP contribution in [0.3, 0.4) is 0 Å². The van der Waals surface area contributed by atoms with E-state index in [0.717, 1.165) is 12.8 Å². The van der Waals surface area contributed by atoms with Crippen LogP contribution in [0.25, 0.3) is 5.76 Å². The SMILES string of the molecule is CCCN(CCC)S(=O)(=O)c1cc(C2=CCC(=O)O2)ccc1Cl. The van der Waals surface area contributed by atoms with Crippen LogP contribution in [-0.2, 0) is 19.6 Å². The third kappa shape index (κ3) is 3.94. The van der Waals surface area contributed by atoms with Gasteiger partial charge in [-0.05, 0) is 37.1 Å². The summed E-state index contributed by atoms with van der Waals surface area (Å²) in [6, 6.07) is 4.64. The van der Waals surface area contributed by atoms with Crippen molar-refractivity contribution in [3.05, 3.63) is 34.9 Å². The molecule has 0 aliphatic carbocycles. The van der Waals surface area contributed by atoms with Crippen molar-refractivity contribution in [1.29, 1.82) is 0 Å². The van der Waals surface area contributed by atoms with Crippen LogP contribution in [0.15, 0.2) is 29.2 Å². The van der Waals surface area contributed by atoms with Gasteiger partial charge in [-0.2, -0.15) is 4.31 Å². The number of hydrogen-bond acceptors (Lipinski definition) is 4.